The van der Waals surface area contributed by atoms with E-state index in [1.807, 2.05) is 31.2 Å². The molecular formula is C24H34N4O8S3. The molecular weight excluding hydrogens is 568 g/mol. The molecule has 12 nitrogen and oxygen atoms in total. The molecule has 0 spiro atoms. The summed E-state index contributed by atoms with van der Waals surface area (Å²) in [6, 6.07) is 9.17. The summed E-state index contributed by atoms with van der Waals surface area (Å²) >= 11 is 1.07. The normalized spacial score (nSPS) is 21.6. The van der Waals surface area contributed by atoms with Crippen molar-refractivity contribution in [1.82, 2.24) is 18.4 Å². The van der Waals surface area contributed by atoms with Crippen LogP contribution < -0.4 is 10.2 Å². The van der Waals surface area contributed by atoms with Crippen LogP contribution in [0.2, 0.25) is 0 Å². The molecule has 216 valence electrons. The number of thiophene rings is 1. The van der Waals surface area contributed by atoms with Gasteiger partial charge in [0.15, 0.2) is 6.29 Å². The summed E-state index contributed by atoms with van der Waals surface area (Å²) < 4.78 is 67.3. The Morgan fingerprint density at radius 2 is 1.85 bits per heavy atom. The summed E-state index contributed by atoms with van der Waals surface area (Å²) in [5.74, 6) is -0.0550. The Balaban J connectivity index is 1.57. The van der Waals surface area contributed by atoms with E-state index in [-0.39, 0.29) is 23.8 Å². The van der Waals surface area contributed by atoms with Crippen LogP contribution in [-0.4, -0.2) is 94.9 Å². The van der Waals surface area contributed by atoms with Gasteiger partial charge in [0, 0.05) is 51.6 Å². The summed E-state index contributed by atoms with van der Waals surface area (Å²) in [7, 11) is -5.27. The van der Waals surface area contributed by atoms with Gasteiger partial charge in [-0.1, -0.05) is 0 Å². The second-order valence-electron chi connectivity index (χ2n) is 9.24. The van der Waals surface area contributed by atoms with Crippen LogP contribution >= 0.6 is 11.3 Å². The first-order valence-corrected chi connectivity index (χ1v) is 16.3. The van der Waals surface area contributed by atoms with Crippen molar-refractivity contribution in [2.75, 3.05) is 46.9 Å². The average Bonchev–Trinajstić information content (AvgIpc) is 3.44. The van der Waals surface area contributed by atoms with Crippen LogP contribution in [0.3, 0.4) is 0 Å². The number of hydroxylamine groups is 1. The van der Waals surface area contributed by atoms with Gasteiger partial charge >= 0.3 is 0 Å². The Labute approximate surface area is 233 Å². The molecule has 1 amide bonds. The molecule has 2 aliphatic rings. The molecule has 0 aliphatic carbocycles. The van der Waals surface area contributed by atoms with Crippen molar-refractivity contribution in [2.24, 2.45) is 0 Å². The molecule has 1 N–H and O–H groups in total. The highest BCUT2D eigenvalue weighted by Gasteiger charge is 2.44. The number of nitrogens with one attached hydrogen (secondary N) is 1. The van der Waals surface area contributed by atoms with Gasteiger partial charge in [-0.3, -0.25) is 4.79 Å². The number of carbonyl (C=O) groups is 1. The van der Waals surface area contributed by atoms with Crippen molar-refractivity contribution in [3.05, 3.63) is 36.4 Å². The molecule has 2 aliphatic heterocycles. The first kappa shape index (κ1) is 29.9. The number of amides is 1. The predicted octanol–water partition coefficient (Wildman–Crippen LogP) is 1.87. The number of nitrogens with zero attached hydrogens (tertiary/aromatic N) is 3. The number of sulfonamides is 1. The minimum atomic E-state index is -4.15. The van der Waals surface area contributed by atoms with E-state index in [9.17, 15) is 21.6 Å². The zero-order chi connectivity index (χ0) is 28.2. The molecule has 2 aromatic rings. The van der Waals surface area contributed by atoms with Crippen LogP contribution in [0, 0.1) is 0 Å². The second-order valence-corrected chi connectivity index (χ2v) is 14.6. The summed E-state index contributed by atoms with van der Waals surface area (Å²) in [6.07, 6.45) is 1.69. The van der Waals surface area contributed by atoms with Crippen LogP contribution in [0.15, 0.2) is 40.6 Å². The lowest BCUT2D eigenvalue weighted by atomic mass is 10.2. The first-order chi connectivity index (χ1) is 18.5. The minimum absolute atomic E-state index is 0.0460. The number of carbonyl (C=O) groups excluding carboxylic acids is 1. The highest BCUT2D eigenvalue weighted by Crippen LogP contribution is 2.34. The smallest absolute Gasteiger partial charge is 0.281 e. The van der Waals surface area contributed by atoms with E-state index in [0.29, 0.717) is 25.4 Å². The van der Waals surface area contributed by atoms with Crippen LogP contribution in [0.5, 0.6) is 5.75 Å². The molecule has 1 unspecified atom stereocenters. The highest BCUT2D eigenvalue weighted by atomic mass is 32.2. The van der Waals surface area contributed by atoms with E-state index in [4.69, 9.17) is 14.3 Å². The fraction of sp³-hybridized carbons (Fsp3) is 0.542. The fourth-order valence-electron chi connectivity index (χ4n) is 4.29. The maximum absolute atomic E-state index is 13.8. The zero-order valence-electron chi connectivity index (χ0n) is 22.1. The highest BCUT2D eigenvalue weighted by molar-refractivity contribution is 7.91. The van der Waals surface area contributed by atoms with E-state index >= 15 is 0 Å². The minimum Gasteiger partial charge on any atom is -0.494 e. The first-order valence-electron chi connectivity index (χ1n) is 12.6. The quantitative estimate of drug-likeness (QED) is 0.408. The lowest BCUT2D eigenvalue weighted by molar-refractivity contribution is -0.202. The van der Waals surface area contributed by atoms with Gasteiger partial charge in [-0.25, -0.2) is 18.7 Å². The third-order valence-corrected chi connectivity index (χ3v) is 11.8. The zero-order valence-corrected chi connectivity index (χ0v) is 24.6. The Kier molecular flexibility index (Phi) is 9.65. The molecule has 0 radical (unpaired) electrons. The molecule has 39 heavy (non-hydrogen) atoms. The van der Waals surface area contributed by atoms with E-state index in [2.05, 4.69) is 5.48 Å². The fourth-order valence-corrected chi connectivity index (χ4v) is 8.41. The summed E-state index contributed by atoms with van der Waals surface area (Å²) in [5, 5.41) is 0. The number of benzene rings is 1. The maximum Gasteiger partial charge on any atom is 0.281 e. The number of ether oxygens (including phenoxy) is 2. The van der Waals surface area contributed by atoms with Crippen molar-refractivity contribution < 1.29 is 35.9 Å². The van der Waals surface area contributed by atoms with Crippen molar-refractivity contribution in [1.29, 1.82) is 0 Å². The molecule has 3 heterocycles. The van der Waals surface area contributed by atoms with Crippen molar-refractivity contribution >= 4 is 37.5 Å². The van der Waals surface area contributed by atoms with Gasteiger partial charge in [-0.05, 0) is 61.7 Å². The largest absolute Gasteiger partial charge is 0.494 e. The third kappa shape index (κ3) is 6.79. The SMILES string of the molecule is CCOc1ccc(-c2ccc(S(=O)(=O)N3CCN(S(=O)(=O)N(C)C)C[C@@H]3C(=O)NOC3CCCCO3)s2)cc1. The lowest BCUT2D eigenvalue weighted by Gasteiger charge is -2.39. The number of piperazine rings is 1. The number of rotatable bonds is 10. The molecule has 0 saturated carbocycles. The monoisotopic (exact) mass is 602 g/mol. The van der Waals surface area contributed by atoms with Gasteiger partial charge in [0.25, 0.3) is 26.1 Å². The molecule has 4 rings (SSSR count). The molecule has 1 aromatic carbocycles. The van der Waals surface area contributed by atoms with Gasteiger partial charge in [-0.2, -0.15) is 21.3 Å². The van der Waals surface area contributed by atoms with Crippen LogP contribution in [-0.2, 0) is 34.6 Å². The van der Waals surface area contributed by atoms with E-state index < -0.39 is 38.5 Å². The Hall–Kier alpha value is -2.11. The molecule has 2 atom stereocenters. The molecule has 15 heteroatoms. The predicted molar refractivity (Wildman–Crippen MR) is 146 cm³/mol. The Morgan fingerprint density at radius 1 is 1.10 bits per heavy atom. The van der Waals surface area contributed by atoms with Crippen molar-refractivity contribution in [2.45, 2.75) is 42.7 Å². The van der Waals surface area contributed by atoms with E-state index in [1.54, 1.807) is 6.07 Å². The van der Waals surface area contributed by atoms with Crippen LogP contribution in [0.1, 0.15) is 26.2 Å². The van der Waals surface area contributed by atoms with Gasteiger partial charge in [0.1, 0.15) is 16.0 Å². The summed E-state index contributed by atoms with van der Waals surface area (Å²) in [4.78, 5) is 19.4. The van der Waals surface area contributed by atoms with Crippen LogP contribution in [0.25, 0.3) is 10.4 Å². The number of hydrogen-bond acceptors (Lipinski definition) is 9. The summed E-state index contributed by atoms with van der Waals surface area (Å²) in [5.41, 5.74) is 3.13. The third-order valence-electron chi connectivity index (χ3n) is 6.41. The Bertz CT molecular complexity index is 1340. The topological polar surface area (TPSA) is 135 Å². The molecule has 1 aromatic heterocycles. The second kappa shape index (κ2) is 12.6. The van der Waals surface area contributed by atoms with E-state index in [0.717, 1.165) is 47.5 Å². The standard InChI is InChI=1S/C24H34N4O8S3/c1-4-34-19-10-8-18(9-11-19)21-12-13-23(37-21)38(30,31)28-15-14-27(39(32,33)26(2)3)17-20(28)24(29)25-36-22-7-5-6-16-35-22/h8-13,20,22H,4-7,14-17H2,1-3H3,(H,25,29)/t20-,22?/m1/s1. The molecule has 0 bridgehead atoms. The molecule has 2 saturated heterocycles. The van der Waals surface area contributed by atoms with E-state index in [1.165, 1.54) is 20.2 Å². The average molecular weight is 603 g/mol. The van der Waals surface area contributed by atoms with Crippen molar-refractivity contribution in [3.63, 3.8) is 0 Å². The van der Waals surface area contributed by atoms with Crippen molar-refractivity contribution in [3.8, 4) is 16.2 Å². The maximum atomic E-state index is 13.8. The van der Waals surface area contributed by atoms with Gasteiger partial charge < -0.3 is 9.47 Å². The van der Waals surface area contributed by atoms with Gasteiger partial charge in [0.05, 0.1) is 6.61 Å². The van der Waals surface area contributed by atoms with Gasteiger partial charge in [0.2, 0.25) is 0 Å². The van der Waals surface area contributed by atoms with Gasteiger partial charge in [-0.15, -0.1) is 11.3 Å². The summed E-state index contributed by atoms with van der Waals surface area (Å²) in [6.45, 7) is 2.25. The molecule has 2 fully saturated rings. The number of hydrogen-bond donors (Lipinski definition) is 1. The lowest BCUT2D eigenvalue weighted by Crippen LogP contribution is -2.62. The Morgan fingerprint density at radius 3 is 2.49 bits per heavy atom. The van der Waals surface area contributed by atoms with Crippen LogP contribution in [0.4, 0.5) is 0 Å².